The Balaban J connectivity index is 2.00. The average Bonchev–Trinajstić information content (AvgIpc) is 3.65. The van der Waals surface area contributed by atoms with Gasteiger partial charge in [-0.1, -0.05) is 18.2 Å². The van der Waals surface area contributed by atoms with Crippen LogP contribution in [0.15, 0.2) is 58.1 Å². The van der Waals surface area contributed by atoms with Gasteiger partial charge in [0.05, 0.1) is 37.7 Å². The van der Waals surface area contributed by atoms with Gasteiger partial charge in [0.1, 0.15) is 5.75 Å². The van der Waals surface area contributed by atoms with Gasteiger partial charge in [-0.3, -0.25) is 14.4 Å². The molecule has 1 aliphatic carbocycles. The molecule has 1 atom stereocenters. The fourth-order valence-electron chi connectivity index (χ4n) is 3.44. The fraction of sp³-hybridized carbons (Fsp3) is 0.333. The van der Waals surface area contributed by atoms with Crippen LogP contribution in [0.1, 0.15) is 24.1 Å². The summed E-state index contributed by atoms with van der Waals surface area (Å²) in [7, 11) is 2.87. The molecule has 0 radical (unpaired) electrons. The molecule has 190 valence electrons. The Kier molecular flexibility index (Phi) is 8.22. The second-order valence-corrected chi connectivity index (χ2v) is 8.45. The topological polar surface area (TPSA) is 110 Å². The molecule has 1 saturated carbocycles. The summed E-state index contributed by atoms with van der Waals surface area (Å²) in [5, 5.41) is 19.7. The van der Waals surface area contributed by atoms with Crippen LogP contribution in [0, 0.1) is 17.2 Å². The fourth-order valence-corrected chi connectivity index (χ4v) is 3.67. The Morgan fingerprint density at radius 2 is 2.14 bits per heavy atom. The Labute approximate surface area is 209 Å². The quantitative estimate of drug-likeness (QED) is 0.310. The number of halogens is 4. The lowest BCUT2D eigenvalue weighted by molar-refractivity contribution is -0.142. The van der Waals surface area contributed by atoms with Crippen LogP contribution in [-0.4, -0.2) is 40.8 Å². The summed E-state index contributed by atoms with van der Waals surface area (Å²) in [6, 6.07) is 5.41. The van der Waals surface area contributed by atoms with Gasteiger partial charge < -0.3 is 14.6 Å². The Hall–Kier alpha value is -3.62. The van der Waals surface area contributed by atoms with Gasteiger partial charge in [-0.15, -0.1) is 0 Å². The first-order valence-corrected chi connectivity index (χ1v) is 11.0. The molecular weight excluding hydrogens is 501 g/mol. The van der Waals surface area contributed by atoms with E-state index >= 15 is 0 Å². The largest absolute Gasteiger partial charge is 0.481 e. The minimum Gasteiger partial charge on any atom is -0.481 e. The van der Waals surface area contributed by atoms with Crippen molar-refractivity contribution in [3.05, 3.63) is 75.0 Å². The number of aromatic nitrogens is 2. The molecular formula is C24H22ClF3N4O4. The van der Waals surface area contributed by atoms with Crippen LogP contribution in [0.3, 0.4) is 0 Å². The number of nitriles is 1. The lowest BCUT2D eigenvalue weighted by Crippen LogP contribution is -2.27. The summed E-state index contributed by atoms with van der Waals surface area (Å²) in [4.78, 5) is 20.4. The van der Waals surface area contributed by atoms with Gasteiger partial charge in [0.15, 0.2) is 5.69 Å². The van der Waals surface area contributed by atoms with Gasteiger partial charge in [-0.25, -0.2) is 4.98 Å². The molecule has 3 rings (SSSR count). The smallest absolute Gasteiger partial charge is 0.437 e. The van der Waals surface area contributed by atoms with E-state index in [4.69, 9.17) is 26.3 Å². The molecule has 0 saturated heterocycles. The third-order valence-corrected chi connectivity index (χ3v) is 5.47. The summed E-state index contributed by atoms with van der Waals surface area (Å²) < 4.78 is 52.2. The van der Waals surface area contributed by atoms with Crippen LogP contribution in [-0.2, 0) is 17.5 Å². The van der Waals surface area contributed by atoms with E-state index in [0.717, 1.165) is 29.8 Å². The third-order valence-electron chi connectivity index (χ3n) is 5.25. The van der Waals surface area contributed by atoms with Crippen molar-refractivity contribution in [3.8, 4) is 17.6 Å². The molecule has 36 heavy (non-hydrogen) atoms. The summed E-state index contributed by atoms with van der Waals surface area (Å²) >= 11 is 5.90. The number of alkyl halides is 3. The number of benzene rings is 1. The minimum absolute atomic E-state index is 0.0297. The van der Waals surface area contributed by atoms with Gasteiger partial charge in [0.2, 0.25) is 11.6 Å². The van der Waals surface area contributed by atoms with Gasteiger partial charge >= 0.3 is 6.18 Å². The zero-order valence-corrected chi connectivity index (χ0v) is 20.1. The molecule has 1 N–H and O–H groups in total. The minimum atomic E-state index is -4.99. The maximum atomic E-state index is 13.6. The van der Waals surface area contributed by atoms with Crippen molar-refractivity contribution in [2.75, 3.05) is 14.2 Å². The van der Waals surface area contributed by atoms with Crippen LogP contribution >= 0.6 is 11.6 Å². The maximum Gasteiger partial charge on any atom is 0.437 e. The van der Waals surface area contributed by atoms with E-state index in [0.29, 0.717) is 5.57 Å². The highest BCUT2D eigenvalue weighted by atomic mass is 35.5. The molecule has 2 aromatic rings. The summed E-state index contributed by atoms with van der Waals surface area (Å²) in [5.74, 6) is -1.12. The van der Waals surface area contributed by atoms with Crippen LogP contribution in [0.2, 0.25) is 5.02 Å². The monoisotopic (exact) mass is 522 g/mol. The van der Waals surface area contributed by atoms with E-state index in [1.54, 1.807) is 6.07 Å². The number of rotatable bonds is 8. The van der Waals surface area contributed by atoms with Gasteiger partial charge in [0, 0.05) is 17.6 Å². The molecule has 12 heteroatoms. The lowest BCUT2D eigenvalue weighted by atomic mass is 10.0. The van der Waals surface area contributed by atoms with Crippen LogP contribution in [0.4, 0.5) is 13.2 Å². The van der Waals surface area contributed by atoms with Crippen molar-refractivity contribution in [1.82, 2.24) is 9.55 Å². The van der Waals surface area contributed by atoms with E-state index in [2.05, 4.69) is 16.6 Å². The van der Waals surface area contributed by atoms with Gasteiger partial charge in [-0.2, -0.15) is 18.4 Å². The Bertz CT molecular complexity index is 1320. The van der Waals surface area contributed by atoms with E-state index in [9.17, 15) is 23.1 Å². The number of hydrogen-bond donors (Lipinski definition) is 1. The van der Waals surface area contributed by atoms with Crippen molar-refractivity contribution < 1.29 is 27.8 Å². The molecule has 0 amide bonds. The summed E-state index contributed by atoms with van der Waals surface area (Å²) in [5.41, 5.74) is -2.02. The SMILES string of the molecule is C=C(/C=C(\C(=NC)OC)C(O)C1CC1)Cn1cnc(C(F)(F)F)c(Oc2cc(Cl)cc(C#N)c2)c1=O. The molecule has 1 aromatic carbocycles. The first-order chi connectivity index (χ1) is 17.0. The highest BCUT2D eigenvalue weighted by Crippen LogP contribution is 2.37. The third kappa shape index (κ3) is 6.33. The number of hydrogen-bond acceptors (Lipinski definition) is 7. The van der Waals surface area contributed by atoms with Crippen LogP contribution < -0.4 is 10.3 Å². The number of allylic oxidation sites excluding steroid dienone is 2. The average molecular weight is 523 g/mol. The molecule has 1 heterocycles. The molecule has 8 nitrogen and oxygen atoms in total. The van der Waals surface area contributed by atoms with Gasteiger partial charge in [-0.05, 0) is 48.6 Å². The van der Waals surface area contributed by atoms with E-state index in [1.807, 2.05) is 0 Å². The number of nitrogens with zero attached hydrogens (tertiary/aromatic N) is 4. The number of aliphatic hydroxyl groups excluding tert-OH is 1. The molecule has 0 bridgehead atoms. The van der Waals surface area contributed by atoms with E-state index in [1.165, 1.54) is 32.4 Å². The summed E-state index contributed by atoms with van der Waals surface area (Å²) in [6.07, 6.45) is -2.00. The van der Waals surface area contributed by atoms with Crippen molar-refractivity contribution in [2.24, 2.45) is 10.9 Å². The van der Waals surface area contributed by atoms with Crippen molar-refractivity contribution >= 4 is 17.5 Å². The molecule has 1 unspecified atom stereocenters. The number of aliphatic imine (C=N–C) groups is 1. The van der Waals surface area contributed by atoms with Gasteiger partial charge in [0.25, 0.3) is 5.56 Å². The predicted molar refractivity (Wildman–Crippen MR) is 126 cm³/mol. The highest BCUT2D eigenvalue weighted by molar-refractivity contribution is 6.30. The number of methoxy groups -OCH3 is 1. The van der Waals surface area contributed by atoms with E-state index in [-0.39, 0.29) is 40.3 Å². The van der Waals surface area contributed by atoms with Crippen molar-refractivity contribution in [1.29, 1.82) is 5.26 Å². The zero-order chi connectivity index (χ0) is 26.6. The summed E-state index contributed by atoms with van der Waals surface area (Å²) in [6.45, 7) is 3.60. The van der Waals surface area contributed by atoms with Crippen LogP contribution in [0.5, 0.6) is 11.5 Å². The molecule has 0 aliphatic heterocycles. The second kappa shape index (κ2) is 11.0. The first-order valence-electron chi connectivity index (χ1n) is 10.6. The van der Waals surface area contributed by atoms with Crippen molar-refractivity contribution in [3.63, 3.8) is 0 Å². The highest BCUT2D eigenvalue weighted by Gasteiger charge is 2.39. The molecule has 1 aromatic heterocycles. The second-order valence-electron chi connectivity index (χ2n) is 8.02. The van der Waals surface area contributed by atoms with Crippen molar-refractivity contribution in [2.45, 2.75) is 31.7 Å². The number of ether oxygens (including phenoxy) is 2. The molecule has 1 aliphatic rings. The standard InChI is InChI=1S/C24H22ClF3N4O4/c1-13(6-18(22(30-2)35-3)19(33)15-4-5-15)11-32-12-31-21(24(26,27)28)20(23(32)34)36-17-8-14(10-29)7-16(25)9-17/h6-9,12,15,19,33H,1,4-5,11H2,2-3H3/b18-6-,30-22?. The molecule has 0 spiro atoms. The maximum absolute atomic E-state index is 13.6. The van der Waals surface area contributed by atoms with E-state index < -0.39 is 29.3 Å². The normalized spacial score (nSPS) is 15.3. The predicted octanol–water partition coefficient (Wildman–Crippen LogP) is 4.51. The Morgan fingerprint density at radius 3 is 2.69 bits per heavy atom. The first kappa shape index (κ1) is 27.0. The lowest BCUT2D eigenvalue weighted by Gasteiger charge is -2.17. The number of aliphatic hydroxyl groups is 1. The zero-order valence-electron chi connectivity index (χ0n) is 19.3. The molecule has 1 fully saturated rings. The Morgan fingerprint density at radius 1 is 1.44 bits per heavy atom. The van der Waals surface area contributed by atoms with Crippen LogP contribution in [0.25, 0.3) is 0 Å².